The summed E-state index contributed by atoms with van der Waals surface area (Å²) in [6.07, 6.45) is 5.29. The van der Waals surface area contributed by atoms with Gasteiger partial charge >= 0.3 is 6.09 Å². The van der Waals surface area contributed by atoms with E-state index in [0.29, 0.717) is 25.7 Å². The number of aromatic nitrogens is 2. The number of carbonyl (C=O) groups is 1. The molecule has 29 heavy (non-hydrogen) atoms. The molecule has 2 unspecified atom stereocenters. The molecule has 1 aromatic carbocycles. The number of piperidine rings is 1. The lowest BCUT2D eigenvalue weighted by Gasteiger charge is -2.30. The number of benzene rings is 1. The zero-order valence-corrected chi connectivity index (χ0v) is 16.5. The van der Waals surface area contributed by atoms with Crippen molar-refractivity contribution in [1.82, 2.24) is 20.2 Å². The Bertz CT molecular complexity index is 854. The number of rotatable bonds is 6. The van der Waals surface area contributed by atoms with Crippen LogP contribution in [0.15, 0.2) is 24.5 Å². The maximum absolute atomic E-state index is 11.1. The summed E-state index contributed by atoms with van der Waals surface area (Å²) in [5, 5.41) is 22.8. The van der Waals surface area contributed by atoms with E-state index in [0.717, 1.165) is 54.5 Å². The molecule has 3 N–H and O–H groups in total. The molecular weight excluding hydrogens is 372 g/mol. The molecule has 0 saturated carbocycles. The Morgan fingerprint density at radius 2 is 1.97 bits per heavy atom. The van der Waals surface area contributed by atoms with Crippen molar-refractivity contribution in [3.63, 3.8) is 0 Å². The van der Waals surface area contributed by atoms with E-state index >= 15 is 0 Å². The van der Waals surface area contributed by atoms with Crippen molar-refractivity contribution in [1.29, 1.82) is 0 Å². The summed E-state index contributed by atoms with van der Waals surface area (Å²) >= 11 is 0. The third-order valence-electron chi connectivity index (χ3n) is 6.08. The molecule has 1 aromatic heterocycles. The van der Waals surface area contributed by atoms with Gasteiger partial charge in [0, 0.05) is 42.5 Å². The molecule has 3 heterocycles. The number of likely N-dealkylation sites (tertiary alicyclic amines) is 1. The number of amides is 1. The van der Waals surface area contributed by atoms with Crippen LogP contribution in [0.4, 0.5) is 4.79 Å². The van der Waals surface area contributed by atoms with Crippen molar-refractivity contribution in [2.75, 3.05) is 26.3 Å². The molecule has 2 atom stereocenters. The zero-order valence-electron chi connectivity index (χ0n) is 16.5. The fourth-order valence-electron chi connectivity index (χ4n) is 4.41. The third-order valence-corrected chi connectivity index (χ3v) is 6.08. The summed E-state index contributed by atoms with van der Waals surface area (Å²) in [4.78, 5) is 21.5. The number of aliphatic hydroxyl groups excluding tert-OH is 1. The molecule has 156 valence electrons. The number of hydrogen-bond acceptors (Lipinski definition) is 6. The summed E-state index contributed by atoms with van der Waals surface area (Å²) in [5.74, 6) is 1.04. The first kappa shape index (κ1) is 19.8. The van der Waals surface area contributed by atoms with Crippen LogP contribution in [0.1, 0.15) is 43.7 Å². The first-order chi connectivity index (χ1) is 14.1. The SMILES string of the molecule is O=C(O)N1CCC(c2ncnc3cc(OCCC4CCC(CO)N4)ccc23)CC1. The van der Waals surface area contributed by atoms with E-state index in [9.17, 15) is 9.90 Å². The number of hydrogen-bond donors (Lipinski definition) is 3. The molecule has 8 heteroatoms. The predicted molar refractivity (Wildman–Crippen MR) is 108 cm³/mol. The third kappa shape index (κ3) is 4.59. The van der Waals surface area contributed by atoms with Gasteiger partial charge in [-0.2, -0.15) is 0 Å². The number of ether oxygens (including phenoxy) is 1. The Labute approximate surface area is 169 Å². The maximum Gasteiger partial charge on any atom is 0.407 e. The van der Waals surface area contributed by atoms with Crippen LogP contribution in [0, 0.1) is 0 Å². The Hall–Kier alpha value is -2.45. The molecule has 2 fully saturated rings. The maximum atomic E-state index is 11.1. The highest BCUT2D eigenvalue weighted by Crippen LogP contribution is 2.32. The van der Waals surface area contributed by atoms with Crippen LogP contribution in [0.2, 0.25) is 0 Å². The molecule has 2 saturated heterocycles. The first-order valence-corrected chi connectivity index (χ1v) is 10.4. The van der Waals surface area contributed by atoms with E-state index < -0.39 is 6.09 Å². The molecule has 1 amide bonds. The average Bonchev–Trinajstić information content (AvgIpc) is 3.21. The number of aliphatic hydroxyl groups is 1. The smallest absolute Gasteiger partial charge is 0.407 e. The standard InChI is InChI=1S/C21H28N4O4/c26-12-16-2-1-15(24-16)7-10-29-17-3-4-18-19(11-17)22-13-23-20(18)14-5-8-25(9-6-14)21(27)28/h3-4,11,13-16,24,26H,1-2,5-10,12H2,(H,27,28). The van der Waals surface area contributed by atoms with E-state index in [2.05, 4.69) is 15.3 Å². The number of fused-ring (bicyclic) bond motifs is 1. The van der Waals surface area contributed by atoms with Gasteiger partial charge in [0.1, 0.15) is 12.1 Å². The quantitative estimate of drug-likeness (QED) is 0.683. The highest BCUT2D eigenvalue weighted by Gasteiger charge is 2.26. The topological polar surface area (TPSA) is 108 Å². The summed E-state index contributed by atoms with van der Waals surface area (Å²) in [5.41, 5.74) is 1.85. The van der Waals surface area contributed by atoms with Gasteiger partial charge in [-0.25, -0.2) is 14.8 Å². The van der Waals surface area contributed by atoms with Crippen LogP contribution < -0.4 is 10.1 Å². The monoisotopic (exact) mass is 400 g/mol. The van der Waals surface area contributed by atoms with E-state index in [4.69, 9.17) is 9.84 Å². The van der Waals surface area contributed by atoms with Gasteiger partial charge in [-0.3, -0.25) is 0 Å². The van der Waals surface area contributed by atoms with Crippen LogP contribution in [-0.2, 0) is 0 Å². The number of nitrogens with one attached hydrogen (secondary N) is 1. The minimum Gasteiger partial charge on any atom is -0.493 e. The Morgan fingerprint density at radius 3 is 2.69 bits per heavy atom. The van der Waals surface area contributed by atoms with Crippen LogP contribution in [0.5, 0.6) is 5.75 Å². The van der Waals surface area contributed by atoms with Crippen molar-refractivity contribution in [3.8, 4) is 5.75 Å². The van der Waals surface area contributed by atoms with E-state index in [1.165, 1.54) is 4.90 Å². The minimum absolute atomic E-state index is 0.194. The minimum atomic E-state index is -0.850. The number of carboxylic acid groups (broad SMARTS) is 1. The van der Waals surface area contributed by atoms with Gasteiger partial charge in [0.15, 0.2) is 0 Å². The average molecular weight is 400 g/mol. The normalized spacial score (nSPS) is 22.9. The Kier molecular flexibility index (Phi) is 6.10. The second kappa shape index (κ2) is 8.92. The van der Waals surface area contributed by atoms with Gasteiger partial charge in [-0.05, 0) is 44.2 Å². The molecular formula is C21H28N4O4. The van der Waals surface area contributed by atoms with Gasteiger partial charge in [-0.1, -0.05) is 0 Å². The molecule has 2 aliphatic rings. The molecule has 2 aromatic rings. The second-order valence-electron chi connectivity index (χ2n) is 7.94. The molecule has 8 nitrogen and oxygen atoms in total. The summed E-state index contributed by atoms with van der Waals surface area (Å²) in [6.45, 7) is 1.89. The van der Waals surface area contributed by atoms with Crippen molar-refractivity contribution in [2.24, 2.45) is 0 Å². The fourth-order valence-corrected chi connectivity index (χ4v) is 4.41. The fraction of sp³-hybridized carbons (Fsp3) is 0.571. The van der Waals surface area contributed by atoms with Gasteiger partial charge in [0.25, 0.3) is 0 Å². The van der Waals surface area contributed by atoms with E-state index in [1.54, 1.807) is 6.33 Å². The van der Waals surface area contributed by atoms with Crippen molar-refractivity contribution < 1.29 is 19.7 Å². The molecule has 2 aliphatic heterocycles. The molecule has 0 spiro atoms. The van der Waals surface area contributed by atoms with E-state index in [1.807, 2.05) is 18.2 Å². The molecule has 0 bridgehead atoms. The molecule has 0 radical (unpaired) electrons. The van der Waals surface area contributed by atoms with Crippen molar-refractivity contribution in [3.05, 3.63) is 30.2 Å². The van der Waals surface area contributed by atoms with Crippen molar-refractivity contribution >= 4 is 17.0 Å². The second-order valence-corrected chi connectivity index (χ2v) is 7.94. The van der Waals surface area contributed by atoms with Gasteiger partial charge in [-0.15, -0.1) is 0 Å². The summed E-state index contributed by atoms with van der Waals surface area (Å²) in [7, 11) is 0. The van der Waals surface area contributed by atoms with Crippen LogP contribution in [-0.4, -0.2) is 69.6 Å². The summed E-state index contributed by atoms with van der Waals surface area (Å²) in [6, 6.07) is 6.54. The lowest BCUT2D eigenvalue weighted by atomic mass is 9.91. The van der Waals surface area contributed by atoms with Gasteiger partial charge in [0.05, 0.1) is 24.4 Å². The highest BCUT2D eigenvalue weighted by molar-refractivity contribution is 5.82. The largest absolute Gasteiger partial charge is 0.493 e. The zero-order chi connectivity index (χ0) is 20.2. The lowest BCUT2D eigenvalue weighted by molar-refractivity contribution is 0.132. The molecule has 0 aliphatic carbocycles. The first-order valence-electron chi connectivity index (χ1n) is 10.4. The Balaban J connectivity index is 1.38. The van der Waals surface area contributed by atoms with Crippen LogP contribution in [0.25, 0.3) is 10.9 Å². The lowest BCUT2D eigenvalue weighted by Crippen LogP contribution is -2.37. The van der Waals surface area contributed by atoms with E-state index in [-0.39, 0.29) is 18.6 Å². The predicted octanol–water partition coefficient (Wildman–Crippen LogP) is 2.37. The van der Waals surface area contributed by atoms with Gasteiger partial charge < -0.3 is 25.2 Å². The summed E-state index contributed by atoms with van der Waals surface area (Å²) < 4.78 is 5.94. The Morgan fingerprint density at radius 1 is 1.17 bits per heavy atom. The number of nitrogens with zero attached hydrogens (tertiary/aromatic N) is 3. The molecule has 4 rings (SSSR count). The van der Waals surface area contributed by atoms with Gasteiger partial charge in [0.2, 0.25) is 0 Å². The highest BCUT2D eigenvalue weighted by atomic mass is 16.5. The van der Waals surface area contributed by atoms with Crippen LogP contribution in [0.3, 0.4) is 0 Å². The van der Waals surface area contributed by atoms with Crippen LogP contribution >= 0.6 is 0 Å². The van der Waals surface area contributed by atoms with Crippen molar-refractivity contribution in [2.45, 2.75) is 50.1 Å².